The van der Waals surface area contributed by atoms with Crippen LogP contribution in [0.25, 0.3) is 0 Å². The maximum Gasteiger partial charge on any atom is 0.338 e. The van der Waals surface area contributed by atoms with E-state index in [1.54, 1.807) is 12.1 Å². The van der Waals surface area contributed by atoms with Crippen molar-refractivity contribution in [3.63, 3.8) is 0 Å². The minimum absolute atomic E-state index is 0.117. The van der Waals surface area contributed by atoms with Gasteiger partial charge in [0.25, 0.3) is 5.91 Å². The van der Waals surface area contributed by atoms with Crippen molar-refractivity contribution in [3.05, 3.63) is 59.7 Å². The smallest absolute Gasteiger partial charge is 0.338 e. The van der Waals surface area contributed by atoms with Gasteiger partial charge in [0, 0.05) is 19.8 Å². The zero-order valence-corrected chi connectivity index (χ0v) is 17.1. The summed E-state index contributed by atoms with van der Waals surface area (Å²) in [4.78, 5) is 24.1. The maximum absolute atomic E-state index is 12.0. The number of carbonyl (C=O) groups excluding carboxylic acids is 2. The SMILES string of the molecule is CC(C)c1ccc(C(=O)OCC(=O)Nc2ccc(S(=O)(=O)N(C)C)cc2)cc1. The standard InChI is InChI=1S/C20H24N2O5S/c1-14(2)15-5-7-16(8-6-15)20(24)27-13-19(23)21-17-9-11-18(12-10-17)28(25,26)22(3)4/h5-12,14H,13H2,1-4H3,(H,21,23). The number of rotatable bonds is 7. The molecule has 0 radical (unpaired) electrons. The highest BCUT2D eigenvalue weighted by atomic mass is 32.2. The molecule has 8 heteroatoms. The van der Waals surface area contributed by atoms with Crippen molar-refractivity contribution >= 4 is 27.6 Å². The highest BCUT2D eigenvalue weighted by Crippen LogP contribution is 2.17. The van der Waals surface area contributed by atoms with Gasteiger partial charge in [-0.2, -0.15) is 0 Å². The molecule has 7 nitrogen and oxygen atoms in total. The third-order valence-corrected chi connectivity index (χ3v) is 5.89. The molecule has 0 atom stereocenters. The average Bonchev–Trinajstić information content (AvgIpc) is 2.66. The molecular formula is C20H24N2O5S. The van der Waals surface area contributed by atoms with Crippen molar-refractivity contribution < 1.29 is 22.7 Å². The van der Waals surface area contributed by atoms with E-state index in [9.17, 15) is 18.0 Å². The van der Waals surface area contributed by atoms with E-state index in [1.165, 1.54) is 38.4 Å². The van der Waals surface area contributed by atoms with Gasteiger partial charge < -0.3 is 10.1 Å². The molecule has 0 aromatic heterocycles. The molecule has 0 aliphatic carbocycles. The summed E-state index contributed by atoms with van der Waals surface area (Å²) in [7, 11) is -0.651. The summed E-state index contributed by atoms with van der Waals surface area (Å²) in [5.74, 6) is -0.747. The van der Waals surface area contributed by atoms with Gasteiger partial charge in [0.15, 0.2) is 6.61 Å². The minimum Gasteiger partial charge on any atom is -0.452 e. The summed E-state index contributed by atoms with van der Waals surface area (Å²) >= 11 is 0. The van der Waals surface area contributed by atoms with Crippen molar-refractivity contribution in [2.75, 3.05) is 26.0 Å². The molecule has 0 aliphatic rings. The molecule has 0 fully saturated rings. The molecule has 2 aromatic carbocycles. The number of sulfonamides is 1. The third kappa shape index (κ3) is 5.40. The fourth-order valence-electron chi connectivity index (χ4n) is 2.34. The van der Waals surface area contributed by atoms with Gasteiger partial charge in [-0.15, -0.1) is 0 Å². The lowest BCUT2D eigenvalue weighted by atomic mass is 10.0. The second-order valence-corrected chi connectivity index (χ2v) is 8.86. The number of nitrogens with one attached hydrogen (secondary N) is 1. The normalized spacial score (nSPS) is 11.5. The summed E-state index contributed by atoms with van der Waals surface area (Å²) in [6.45, 7) is 3.67. The first kappa shape index (κ1) is 21.6. The van der Waals surface area contributed by atoms with Crippen LogP contribution in [0.15, 0.2) is 53.4 Å². The zero-order chi connectivity index (χ0) is 20.9. The van der Waals surface area contributed by atoms with E-state index in [0.29, 0.717) is 17.2 Å². The molecule has 150 valence electrons. The van der Waals surface area contributed by atoms with Crippen LogP contribution in [0.1, 0.15) is 35.7 Å². The number of hydrogen-bond acceptors (Lipinski definition) is 5. The first-order valence-electron chi connectivity index (χ1n) is 8.71. The van der Waals surface area contributed by atoms with Gasteiger partial charge in [-0.1, -0.05) is 26.0 Å². The highest BCUT2D eigenvalue weighted by molar-refractivity contribution is 7.89. The maximum atomic E-state index is 12.0. The Hall–Kier alpha value is -2.71. The van der Waals surface area contributed by atoms with Gasteiger partial charge in [-0.05, 0) is 47.9 Å². The van der Waals surface area contributed by atoms with Gasteiger partial charge in [0.1, 0.15) is 0 Å². The molecule has 1 N–H and O–H groups in total. The third-order valence-electron chi connectivity index (χ3n) is 4.06. The topological polar surface area (TPSA) is 92.8 Å². The predicted molar refractivity (Wildman–Crippen MR) is 107 cm³/mol. The van der Waals surface area contributed by atoms with E-state index in [1.807, 2.05) is 12.1 Å². The predicted octanol–water partition coefficient (Wildman–Crippen LogP) is 2.86. The molecule has 1 amide bonds. The first-order chi connectivity index (χ1) is 13.1. The van der Waals surface area contributed by atoms with Crippen LogP contribution >= 0.6 is 0 Å². The Morgan fingerprint density at radius 2 is 1.57 bits per heavy atom. The van der Waals surface area contributed by atoms with Crippen LogP contribution in [-0.2, 0) is 19.6 Å². The fraction of sp³-hybridized carbons (Fsp3) is 0.300. The molecule has 0 heterocycles. The van der Waals surface area contributed by atoms with Gasteiger partial charge in [-0.25, -0.2) is 17.5 Å². The summed E-state index contributed by atoms with van der Waals surface area (Å²) < 4.78 is 30.2. The highest BCUT2D eigenvalue weighted by Gasteiger charge is 2.17. The molecule has 2 aromatic rings. The molecule has 0 saturated heterocycles. The van der Waals surface area contributed by atoms with Crippen molar-refractivity contribution in [2.24, 2.45) is 0 Å². The van der Waals surface area contributed by atoms with Gasteiger partial charge >= 0.3 is 5.97 Å². The molecule has 0 spiro atoms. The summed E-state index contributed by atoms with van der Waals surface area (Å²) in [5, 5.41) is 2.56. The average molecular weight is 404 g/mol. The number of carbonyl (C=O) groups is 2. The number of anilines is 1. The molecule has 2 rings (SSSR count). The first-order valence-corrected chi connectivity index (χ1v) is 10.1. The van der Waals surface area contributed by atoms with Crippen LogP contribution in [0.3, 0.4) is 0 Å². The van der Waals surface area contributed by atoms with Crippen molar-refractivity contribution in [3.8, 4) is 0 Å². The molecule has 0 saturated carbocycles. The van der Waals surface area contributed by atoms with Gasteiger partial charge in [0.05, 0.1) is 10.5 Å². The van der Waals surface area contributed by atoms with Crippen LogP contribution in [-0.4, -0.2) is 45.3 Å². The van der Waals surface area contributed by atoms with Crippen LogP contribution in [0.5, 0.6) is 0 Å². The zero-order valence-electron chi connectivity index (χ0n) is 16.3. The Kier molecular flexibility index (Phi) is 6.93. The Balaban J connectivity index is 1.91. The molecule has 0 bridgehead atoms. The number of nitrogens with zero attached hydrogens (tertiary/aromatic N) is 1. The lowest BCUT2D eigenvalue weighted by molar-refractivity contribution is -0.119. The Morgan fingerprint density at radius 1 is 1.00 bits per heavy atom. The Morgan fingerprint density at radius 3 is 2.07 bits per heavy atom. The molecule has 0 aliphatic heterocycles. The second kappa shape index (κ2) is 8.99. The molecule has 0 unspecified atom stereocenters. The summed E-state index contributed by atoms with van der Waals surface area (Å²) in [5.41, 5.74) is 1.88. The van der Waals surface area contributed by atoms with Crippen molar-refractivity contribution in [2.45, 2.75) is 24.7 Å². The largest absolute Gasteiger partial charge is 0.452 e. The van der Waals surface area contributed by atoms with E-state index in [0.717, 1.165) is 9.87 Å². The number of amides is 1. The van der Waals surface area contributed by atoms with Crippen LogP contribution < -0.4 is 5.32 Å². The van der Waals surface area contributed by atoms with E-state index in [-0.39, 0.29) is 4.90 Å². The number of hydrogen-bond donors (Lipinski definition) is 1. The number of ether oxygens (including phenoxy) is 1. The van der Waals surface area contributed by atoms with Crippen LogP contribution in [0, 0.1) is 0 Å². The van der Waals surface area contributed by atoms with Crippen LogP contribution in [0.2, 0.25) is 0 Å². The number of benzene rings is 2. The Bertz CT molecular complexity index is 934. The second-order valence-electron chi connectivity index (χ2n) is 6.71. The monoisotopic (exact) mass is 404 g/mol. The quantitative estimate of drug-likeness (QED) is 0.717. The van der Waals surface area contributed by atoms with Crippen molar-refractivity contribution in [1.29, 1.82) is 0 Å². The minimum atomic E-state index is -3.53. The van der Waals surface area contributed by atoms with E-state index < -0.39 is 28.5 Å². The van der Waals surface area contributed by atoms with Gasteiger partial charge in [-0.3, -0.25) is 4.79 Å². The van der Waals surface area contributed by atoms with Crippen molar-refractivity contribution in [1.82, 2.24) is 4.31 Å². The number of esters is 1. The van der Waals surface area contributed by atoms with E-state index >= 15 is 0 Å². The van der Waals surface area contributed by atoms with Crippen LogP contribution in [0.4, 0.5) is 5.69 Å². The molecule has 28 heavy (non-hydrogen) atoms. The fourth-order valence-corrected chi connectivity index (χ4v) is 3.24. The molecular weight excluding hydrogens is 380 g/mol. The van der Waals surface area contributed by atoms with Gasteiger partial charge in [0.2, 0.25) is 10.0 Å². The van der Waals surface area contributed by atoms with E-state index in [4.69, 9.17) is 4.74 Å². The summed E-state index contributed by atoms with van der Waals surface area (Å²) in [6.07, 6.45) is 0. The lowest BCUT2D eigenvalue weighted by Crippen LogP contribution is -2.22. The summed E-state index contributed by atoms with van der Waals surface area (Å²) in [6, 6.07) is 12.8. The lowest BCUT2D eigenvalue weighted by Gasteiger charge is -2.12. The Labute approximate surface area is 165 Å². The van der Waals surface area contributed by atoms with E-state index in [2.05, 4.69) is 19.2 Å².